The first-order chi connectivity index (χ1) is 6.36. The molecule has 0 heterocycles. The van der Waals surface area contributed by atoms with E-state index in [1.54, 1.807) is 0 Å². The number of benzene rings is 1. The average Bonchev–Trinajstić information content (AvgIpc) is 2.07. The molecule has 0 aliphatic carbocycles. The van der Waals surface area contributed by atoms with Gasteiger partial charge < -0.3 is 5.73 Å². The molecule has 0 bridgehead atoms. The van der Waals surface area contributed by atoms with Gasteiger partial charge in [0.05, 0.1) is 10.6 Å². The van der Waals surface area contributed by atoms with Gasteiger partial charge in [-0.05, 0) is 33.6 Å². The molecule has 1 rings (SSSR count). The molecule has 0 saturated carbocycles. The fraction of sp³-hybridized carbons (Fsp3) is 0.250. The van der Waals surface area contributed by atoms with Crippen LogP contribution >= 0.6 is 27.5 Å². The Morgan fingerprint density at radius 2 is 1.93 bits per heavy atom. The van der Waals surface area contributed by atoms with Crippen molar-refractivity contribution in [2.24, 2.45) is 5.73 Å². The fourth-order valence-electron chi connectivity index (χ4n) is 0.958. The summed E-state index contributed by atoms with van der Waals surface area (Å²) in [6.07, 6.45) is -4.38. The lowest BCUT2D eigenvalue weighted by Crippen LogP contribution is -2.07. The highest BCUT2D eigenvalue weighted by Gasteiger charge is 2.31. The van der Waals surface area contributed by atoms with E-state index in [1.165, 1.54) is 0 Å². The molecule has 0 saturated heterocycles. The maximum Gasteiger partial charge on any atom is 0.416 e. The van der Waals surface area contributed by atoms with Crippen LogP contribution in [0.2, 0.25) is 5.02 Å². The van der Waals surface area contributed by atoms with Gasteiger partial charge >= 0.3 is 6.18 Å². The van der Waals surface area contributed by atoms with Crippen LogP contribution in [0, 0.1) is 0 Å². The molecular formula is C8H6BrClF3N. The van der Waals surface area contributed by atoms with E-state index in [4.69, 9.17) is 17.3 Å². The topological polar surface area (TPSA) is 26.0 Å². The summed E-state index contributed by atoms with van der Waals surface area (Å²) in [7, 11) is 0. The molecule has 0 spiro atoms. The fourth-order valence-corrected chi connectivity index (χ4v) is 1.65. The normalized spacial score (nSPS) is 11.9. The summed E-state index contributed by atoms with van der Waals surface area (Å²) in [6, 6.07) is 1.88. The SMILES string of the molecule is NCc1cc(C(F)(F)F)cc(Br)c1Cl. The Morgan fingerprint density at radius 1 is 1.36 bits per heavy atom. The number of halogens is 5. The summed E-state index contributed by atoms with van der Waals surface area (Å²) < 4.78 is 37.1. The van der Waals surface area contributed by atoms with Crippen LogP contribution in [-0.2, 0) is 12.7 Å². The Balaban J connectivity index is 3.30. The predicted molar refractivity (Wildman–Crippen MR) is 52.0 cm³/mol. The van der Waals surface area contributed by atoms with Gasteiger partial charge in [0, 0.05) is 11.0 Å². The van der Waals surface area contributed by atoms with Gasteiger partial charge in [-0.25, -0.2) is 0 Å². The Morgan fingerprint density at radius 3 is 2.36 bits per heavy atom. The van der Waals surface area contributed by atoms with E-state index in [0.717, 1.165) is 12.1 Å². The van der Waals surface area contributed by atoms with Gasteiger partial charge in [0.25, 0.3) is 0 Å². The second-order valence-electron chi connectivity index (χ2n) is 2.63. The first-order valence-corrected chi connectivity index (χ1v) is 4.78. The first-order valence-electron chi connectivity index (χ1n) is 3.61. The van der Waals surface area contributed by atoms with Crippen molar-refractivity contribution in [3.63, 3.8) is 0 Å². The minimum absolute atomic E-state index is 0.0264. The molecule has 1 aromatic carbocycles. The van der Waals surface area contributed by atoms with Gasteiger partial charge in [0.15, 0.2) is 0 Å². The minimum atomic E-state index is -4.38. The van der Waals surface area contributed by atoms with E-state index in [2.05, 4.69) is 15.9 Å². The maximum absolute atomic E-state index is 12.3. The molecule has 6 heteroatoms. The highest BCUT2D eigenvalue weighted by molar-refractivity contribution is 9.10. The number of rotatable bonds is 1. The third-order valence-corrected chi connectivity index (χ3v) is 2.95. The van der Waals surface area contributed by atoms with Crippen molar-refractivity contribution in [1.82, 2.24) is 0 Å². The van der Waals surface area contributed by atoms with Crippen molar-refractivity contribution in [2.75, 3.05) is 0 Å². The highest BCUT2D eigenvalue weighted by atomic mass is 79.9. The van der Waals surface area contributed by atoms with Crippen LogP contribution in [0.5, 0.6) is 0 Å². The third kappa shape index (κ3) is 2.40. The van der Waals surface area contributed by atoms with Gasteiger partial charge in [-0.15, -0.1) is 0 Å². The van der Waals surface area contributed by atoms with Gasteiger partial charge in [0.2, 0.25) is 0 Å². The largest absolute Gasteiger partial charge is 0.416 e. The van der Waals surface area contributed by atoms with Gasteiger partial charge in [-0.2, -0.15) is 13.2 Å². The second kappa shape index (κ2) is 4.08. The highest BCUT2D eigenvalue weighted by Crippen LogP contribution is 2.35. The summed E-state index contributed by atoms with van der Waals surface area (Å²) in [5.74, 6) is 0. The molecule has 14 heavy (non-hydrogen) atoms. The number of alkyl halides is 3. The molecule has 78 valence electrons. The molecule has 0 aliphatic heterocycles. The standard InChI is InChI=1S/C8H6BrClF3N/c9-6-2-5(8(11,12)13)1-4(3-14)7(6)10/h1-2H,3,14H2. The maximum atomic E-state index is 12.3. The lowest BCUT2D eigenvalue weighted by atomic mass is 10.1. The van der Waals surface area contributed by atoms with Crippen molar-refractivity contribution in [3.8, 4) is 0 Å². The zero-order valence-electron chi connectivity index (χ0n) is 6.83. The van der Waals surface area contributed by atoms with Crippen LogP contribution < -0.4 is 5.73 Å². The number of nitrogens with two attached hydrogens (primary N) is 1. The van der Waals surface area contributed by atoms with Crippen molar-refractivity contribution in [3.05, 3.63) is 32.8 Å². The van der Waals surface area contributed by atoms with E-state index in [0.29, 0.717) is 0 Å². The Bertz CT molecular complexity index is 351. The minimum Gasteiger partial charge on any atom is -0.326 e. The van der Waals surface area contributed by atoms with E-state index >= 15 is 0 Å². The number of hydrogen-bond acceptors (Lipinski definition) is 1. The lowest BCUT2D eigenvalue weighted by Gasteiger charge is -2.10. The molecule has 0 amide bonds. The molecular weight excluding hydrogens is 282 g/mol. The van der Waals surface area contributed by atoms with Gasteiger partial charge in [0.1, 0.15) is 0 Å². The van der Waals surface area contributed by atoms with Gasteiger partial charge in [-0.1, -0.05) is 11.6 Å². The quantitative estimate of drug-likeness (QED) is 0.840. The molecule has 2 N–H and O–H groups in total. The molecule has 0 radical (unpaired) electrons. The van der Waals surface area contributed by atoms with Crippen molar-refractivity contribution in [1.29, 1.82) is 0 Å². The second-order valence-corrected chi connectivity index (χ2v) is 3.87. The summed E-state index contributed by atoms with van der Waals surface area (Å²) in [4.78, 5) is 0. The van der Waals surface area contributed by atoms with Gasteiger partial charge in [-0.3, -0.25) is 0 Å². The predicted octanol–water partition coefficient (Wildman–Crippen LogP) is 3.58. The van der Waals surface area contributed by atoms with E-state index in [-0.39, 0.29) is 21.6 Å². The van der Waals surface area contributed by atoms with Crippen LogP contribution in [0.4, 0.5) is 13.2 Å². The van der Waals surface area contributed by atoms with Crippen molar-refractivity contribution in [2.45, 2.75) is 12.7 Å². The lowest BCUT2D eigenvalue weighted by molar-refractivity contribution is -0.137. The monoisotopic (exact) mass is 287 g/mol. The summed E-state index contributed by atoms with van der Waals surface area (Å²) in [5, 5.41) is 0.223. The molecule has 0 aromatic heterocycles. The van der Waals surface area contributed by atoms with E-state index < -0.39 is 11.7 Å². The van der Waals surface area contributed by atoms with Crippen LogP contribution in [-0.4, -0.2) is 0 Å². The average molecular weight is 288 g/mol. The first kappa shape index (κ1) is 11.8. The van der Waals surface area contributed by atoms with E-state index in [1.807, 2.05) is 0 Å². The zero-order valence-corrected chi connectivity index (χ0v) is 9.17. The summed E-state index contributed by atoms with van der Waals surface area (Å²) >= 11 is 8.66. The molecule has 0 aliphatic rings. The molecule has 0 unspecified atom stereocenters. The van der Waals surface area contributed by atoms with E-state index in [9.17, 15) is 13.2 Å². The van der Waals surface area contributed by atoms with Crippen LogP contribution in [0.15, 0.2) is 16.6 Å². The smallest absolute Gasteiger partial charge is 0.326 e. The number of hydrogen-bond donors (Lipinski definition) is 1. The van der Waals surface area contributed by atoms with Crippen molar-refractivity contribution < 1.29 is 13.2 Å². The third-order valence-electron chi connectivity index (χ3n) is 1.65. The Hall–Kier alpha value is -0.260. The molecule has 1 nitrogen and oxygen atoms in total. The van der Waals surface area contributed by atoms with Crippen LogP contribution in [0.3, 0.4) is 0 Å². The van der Waals surface area contributed by atoms with Crippen LogP contribution in [0.25, 0.3) is 0 Å². The Kier molecular flexibility index (Phi) is 3.44. The molecule has 1 aromatic rings. The van der Waals surface area contributed by atoms with Crippen LogP contribution in [0.1, 0.15) is 11.1 Å². The Labute approximate surface area is 92.2 Å². The van der Waals surface area contributed by atoms with Crippen molar-refractivity contribution >= 4 is 27.5 Å². The summed E-state index contributed by atoms with van der Waals surface area (Å²) in [6.45, 7) is -0.0264. The zero-order chi connectivity index (χ0) is 10.9. The molecule has 0 atom stereocenters. The molecule has 0 fully saturated rings. The summed E-state index contributed by atoms with van der Waals surface area (Å²) in [5.41, 5.74) is 4.78.